The van der Waals surface area contributed by atoms with Gasteiger partial charge in [-0.25, -0.2) is 0 Å². The number of benzene rings is 1. The molecule has 1 aromatic carbocycles. The van der Waals surface area contributed by atoms with E-state index in [1.165, 1.54) is 12.1 Å². The van der Waals surface area contributed by atoms with Crippen molar-refractivity contribution in [2.24, 2.45) is 5.73 Å². The van der Waals surface area contributed by atoms with Crippen molar-refractivity contribution in [2.75, 3.05) is 6.54 Å². The molecule has 1 aromatic rings. The predicted molar refractivity (Wildman–Crippen MR) is 68.1 cm³/mol. The number of hydrogen-bond donors (Lipinski definition) is 4. The Labute approximate surface area is 104 Å². The highest BCUT2D eigenvalue weighted by Crippen LogP contribution is 2.22. The molecule has 0 spiro atoms. The Morgan fingerprint density at radius 1 is 1.41 bits per heavy atom. The monoisotopic (exact) mass is 254 g/mol. The maximum absolute atomic E-state index is 11.6. The second-order valence-electron chi connectivity index (χ2n) is 3.53. The quantitative estimate of drug-likeness (QED) is 0.462. The topological polar surface area (TPSA) is 95.6 Å². The maximum atomic E-state index is 11.6. The molecule has 5 nitrogen and oxygen atoms in total. The molecular formula is C11H14N2O3S. The van der Waals surface area contributed by atoms with Gasteiger partial charge in [-0.05, 0) is 25.0 Å². The van der Waals surface area contributed by atoms with Crippen molar-refractivity contribution in [3.05, 3.63) is 23.8 Å². The van der Waals surface area contributed by atoms with Crippen molar-refractivity contribution in [3.63, 3.8) is 0 Å². The number of carbonyl (C=O) groups is 1. The summed E-state index contributed by atoms with van der Waals surface area (Å²) in [7, 11) is 0. The van der Waals surface area contributed by atoms with Crippen LogP contribution >= 0.6 is 12.2 Å². The van der Waals surface area contributed by atoms with Gasteiger partial charge in [0.2, 0.25) is 0 Å². The molecule has 0 atom stereocenters. The van der Waals surface area contributed by atoms with Crippen LogP contribution in [0.1, 0.15) is 23.2 Å². The lowest BCUT2D eigenvalue weighted by molar-refractivity contribution is 0.0950. The van der Waals surface area contributed by atoms with E-state index >= 15 is 0 Å². The third kappa shape index (κ3) is 4.28. The van der Waals surface area contributed by atoms with E-state index in [9.17, 15) is 9.90 Å². The van der Waals surface area contributed by atoms with Crippen LogP contribution in [0.15, 0.2) is 18.2 Å². The molecule has 0 saturated heterocycles. The fourth-order valence-electron chi connectivity index (χ4n) is 1.27. The molecule has 0 aliphatic carbocycles. The summed E-state index contributed by atoms with van der Waals surface area (Å²) in [5.41, 5.74) is 5.44. The van der Waals surface area contributed by atoms with Gasteiger partial charge in [0.15, 0.2) is 0 Å². The third-order valence-corrected chi connectivity index (χ3v) is 2.32. The number of phenols is 2. The lowest BCUT2D eigenvalue weighted by Gasteiger charge is -2.06. The summed E-state index contributed by atoms with van der Waals surface area (Å²) in [4.78, 5) is 12.0. The highest BCUT2D eigenvalue weighted by atomic mass is 32.1. The van der Waals surface area contributed by atoms with Gasteiger partial charge in [0.05, 0.1) is 10.6 Å². The van der Waals surface area contributed by atoms with E-state index in [4.69, 9.17) is 23.1 Å². The minimum absolute atomic E-state index is 0.0902. The molecule has 17 heavy (non-hydrogen) atoms. The number of rotatable bonds is 5. The van der Waals surface area contributed by atoms with E-state index < -0.39 is 5.91 Å². The lowest BCUT2D eigenvalue weighted by Crippen LogP contribution is -2.25. The van der Waals surface area contributed by atoms with Gasteiger partial charge >= 0.3 is 0 Å². The smallest absolute Gasteiger partial charge is 0.255 e. The second-order valence-corrected chi connectivity index (χ2v) is 4.05. The summed E-state index contributed by atoms with van der Waals surface area (Å²) < 4.78 is 0. The molecule has 0 bridgehead atoms. The number of nitrogens with one attached hydrogen (secondary N) is 1. The Morgan fingerprint density at radius 3 is 2.71 bits per heavy atom. The first-order chi connectivity index (χ1) is 8.00. The van der Waals surface area contributed by atoms with Gasteiger partial charge in [-0.2, -0.15) is 0 Å². The molecule has 5 N–H and O–H groups in total. The molecule has 0 fully saturated rings. The largest absolute Gasteiger partial charge is 0.508 e. The van der Waals surface area contributed by atoms with Crippen molar-refractivity contribution in [2.45, 2.75) is 12.8 Å². The van der Waals surface area contributed by atoms with E-state index in [2.05, 4.69) is 5.32 Å². The van der Waals surface area contributed by atoms with Crippen molar-refractivity contribution < 1.29 is 15.0 Å². The van der Waals surface area contributed by atoms with Crippen LogP contribution in [0.5, 0.6) is 11.5 Å². The van der Waals surface area contributed by atoms with Gasteiger partial charge in [0, 0.05) is 12.6 Å². The Morgan fingerprint density at radius 2 is 2.12 bits per heavy atom. The fourth-order valence-corrected chi connectivity index (χ4v) is 1.42. The van der Waals surface area contributed by atoms with Crippen LogP contribution in [0.2, 0.25) is 0 Å². The Balaban J connectivity index is 2.50. The molecule has 1 amide bonds. The maximum Gasteiger partial charge on any atom is 0.255 e. The number of carbonyl (C=O) groups excluding carboxylic acids is 1. The van der Waals surface area contributed by atoms with Gasteiger partial charge in [-0.3, -0.25) is 4.79 Å². The number of phenolic OH excluding ortho intramolecular Hbond substituents is 2. The van der Waals surface area contributed by atoms with Gasteiger partial charge in [0.1, 0.15) is 11.5 Å². The summed E-state index contributed by atoms with van der Waals surface area (Å²) in [5, 5.41) is 21.1. The Bertz CT molecular complexity index is 435. The summed E-state index contributed by atoms with van der Waals surface area (Å²) in [5.74, 6) is -0.741. The van der Waals surface area contributed by atoms with Crippen LogP contribution < -0.4 is 11.1 Å². The van der Waals surface area contributed by atoms with Gasteiger partial charge < -0.3 is 21.3 Å². The van der Waals surface area contributed by atoms with E-state index in [-0.39, 0.29) is 17.1 Å². The summed E-state index contributed by atoms with van der Waals surface area (Å²) >= 11 is 4.70. The van der Waals surface area contributed by atoms with E-state index in [0.29, 0.717) is 24.4 Å². The van der Waals surface area contributed by atoms with Gasteiger partial charge in [-0.1, -0.05) is 12.2 Å². The minimum atomic E-state index is -0.398. The van der Waals surface area contributed by atoms with Crippen LogP contribution in [0.25, 0.3) is 0 Å². The average Bonchev–Trinajstić information content (AvgIpc) is 2.23. The summed E-state index contributed by atoms with van der Waals surface area (Å²) in [6.07, 6.45) is 1.22. The molecule has 0 aromatic heterocycles. The molecular weight excluding hydrogens is 240 g/mol. The van der Waals surface area contributed by atoms with Crippen LogP contribution in [-0.4, -0.2) is 27.7 Å². The lowest BCUT2D eigenvalue weighted by atomic mass is 10.1. The van der Waals surface area contributed by atoms with Crippen LogP contribution in [0, 0.1) is 0 Å². The second kappa shape index (κ2) is 6.05. The van der Waals surface area contributed by atoms with Crippen LogP contribution in [0.4, 0.5) is 0 Å². The number of thiocarbonyl (C=S) groups is 1. The molecule has 0 aliphatic rings. The molecule has 0 aliphatic heterocycles. The van der Waals surface area contributed by atoms with Crippen molar-refractivity contribution >= 4 is 23.1 Å². The zero-order valence-corrected chi connectivity index (χ0v) is 9.96. The van der Waals surface area contributed by atoms with E-state index in [1.807, 2.05) is 0 Å². The Hall–Kier alpha value is -1.82. The molecule has 6 heteroatoms. The first-order valence-corrected chi connectivity index (χ1v) is 5.50. The van der Waals surface area contributed by atoms with Crippen molar-refractivity contribution in [3.8, 4) is 11.5 Å². The van der Waals surface area contributed by atoms with Gasteiger partial charge in [-0.15, -0.1) is 0 Å². The third-order valence-electron chi connectivity index (χ3n) is 2.11. The van der Waals surface area contributed by atoms with Gasteiger partial charge in [0.25, 0.3) is 5.91 Å². The summed E-state index contributed by atoms with van der Waals surface area (Å²) in [6.45, 7) is 0.427. The number of hydrogen-bond acceptors (Lipinski definition) is 4. The number of amides is 1. The molecule has 0 saturated carbocycles. The standard InChI is InChI=1S/C11H14N2O3S/c12-10(17)2-1-5-13-11(16)8-4-3-7(14)6-9(8)15/h3-4,6,14-15H,1-2,5H2,(H2,12,17)(H,13,16). The van der Waals surface area contributed by atoms with Crippen molar-refractivity contribution in [1.82, 2.24) is 5.32 Å². The molecule has 1 rings (SSSR count). The average molecular weight is 254 g/mol. The molecule has 0 unspecified atom stereocenters. The zero-order chi connectivity index (χ0) is 12.8. The van der Waals surface area contributed by atoms with E-state index in [0.717, 1.165) is 6.07 Å². The Kier molecular flexibility index (Phi) is 4.71. The zero-order valence-electron chi connectivity index (χ0n) is 9.14. The molecule has 0 radical (unpaired) electrons. The number of nitrogens with two attached hydrogens (primary N) is 1. The normalized spacial score (nSPS) is 9.88. The van der Waals surface area contributed by atoms with Crippen LogP contribution in [-0.2, 0) is 0 Å². The predicted octanol–water partition coefficient (Wildman–Crippen LogP) is 0.894. The highest BCUT2D eigenvalue weighted by molar-refractivity contribution is 7.80. The highest BCUT2D eigenvalue weighted by Gasteiger charge is 2.10. The van der Waals surface area contributed by atoms with Crippen molar-refractivity contribution in [1.29, 1.82) is 0 Å². The van der Waals surface area contributed by atoms with E-state index in [1.54, 1.807) is 0 Å². The molecule has 0 heterocycles. The van der Waals surface area contributed by atoms with Crippen LogP contribution in [0.3, 0.4) is 0 Å². The first kappa shape index (κ1) is 13.2. The first-order valence-electron chi connectivity index (χ1n) is 5.09. The SMILES string of the molecule is NC(=S)CCCNC(=O)c1ccc(O)cc1O. The summed E-state index contributed by atoms with van der Waals surface area (Å²) in [6, 6.07) is 3.81. The number of aromatic hydroxyl groups is 2. The minimum Gasteiger partial charge on any atom is -0.508 e. The fraction of sp³-hybridized carbons (Fsp3) is 0.273. The molecule has 92 valence electrons.